The minimum atomic E-state index is -0.728. The van der Waals surface area contributed by atoms with Crippen molar-refractivity contribution in [2.24, 2.45) is 5.92 Å². The average Bonchev–Trinajstić information content (AvgIpc) is 3.02. The monoisotopic (exact) mass is 331 g/mol. The number of fused-ring (bicyclic) bond motifs is 1. The Hall–Kier alpha value is -2.21. The van der Waals surface area contributed by atoms with E-state index in [2.05, 4.69) is 14.9 Å². The zero-order valence-corrected chi connectivity index (χ0v) is 13.7. The lowest BCUT2D eigenvalue weighted by Gasteiger charge is -2.25. The van der Waals surface area contributed by atoms with Crippen LogP contribution in [0.3, 0.4) is 0 Å². The molecule has 0 saturated carbocycles. The molecule has 0 radical (unpaired) electrons. The summed E-state index contributed by atoms with van der Waals surface area (Å²) in [5.41, 5.74) is 1.74. The Kier molecular flexibility index (Phi) is 4.94. The summed E-state index contributed by atoms with van der Waals surface area (Å²) in [5, 5.41) is 13.2. The van der Waals surface area contributed by atoms with Gasteiger partial charge in [0.2, 0.25) is 5.91 Å². The first kappa shape index (κ1) is 16.6. The summed E-state index contributed by atoms with van der Waals surface area (Å²) < 4.78 is 15.0. The summed E-state index contributed by atoms with van der Waals surface area (Å²) in [5.74, 6) is -0.371. The minimum absolute atomic E-state index is 0.0151. The molecule has 6 heteroatoms. The van der Waals surface area contributed by atoms with Crippen molar-refractivity contribution in [3.05, 3.63) is 53.9 Å². The van der Waals surface area contributed by atoms with E-state index in [0.717, 1.165) is 18.7 Å². The Labute approximate surface area is 140 Å². The number of nitrogens with one attached hydrogen (secondary N) is 1. The molecule has 0 spiro atoms. The van der Waals surface area contributed by atoms with Gasteiger partial charge in [-0.05, 0) is 37.5 Å². The molecular formula is C18H22FN3O2. The van der Waals surface area contributed by atoms with E-state index < -0.39 is 6.10 Å². The fraction of sp³-hybridized carbons (Fsp3) is 0.444. The number of halogens is 1. The highest BCUT2D eigenvalue weighted by Crippen LogP contribution is 2.22. The molecule has 3 rings (SSSR count). The largest absolute Gasteiger partial charge is 0.388 e. The molecule has 128 valence electrons. The number of imidazole rings is 1. The maximum absolute atomic E-state index is 12.9. The normalized spacial score (nSPS) is 19.4. The van der Waals surface area contributed by atoms with Crippen LogP contribution in [0.5, 0.6) is 0 Å². The Morgan fingerprint density at radius 1 is 1.46 bits per heavy atom. The van der Waals surface area contributed by atoms with Gasteiger partial charge in [-0.1, -0.05) is 12.1 Å². The molecular weight excluding hydrogens is 309 g/mol. The number of carbonyl (C=O) groups excluding carboxylic acids is 1. The predicted molar refractivity (Wildman–Crippen MR) is 87.6 cm³/mol. The quantitative estimate of drug-likeness (QED) is 0.883. The van der Waals surface area contributed by atoms with Gasteiger partial charge in [-0.2, -0.15) is 0 Å². The van der Waals surface area contributed by atoms with E-state index in [1.54, 1.807) is 24.7 Å². The summed E-state index contributed by atoms with van der Waals surface area (Å²) in [6, 6.07) is 5.62. The SMILES string of the molecule is CC(CC(O)c1ccc(F)cc1)NC(=O)C1CCn2cncc2C1. The molecule has 0 fully saturated rings. The van der Waals surface area contributed by atoms with Crippen molar-refractivity contribution < 1.29 is 14.3 Å². The Morgan fingerprint density at radius 3 is 2.96 bits per heavy atom. The maximum atomic E-state index is 12.9. The lowest BCUT2D eigenvalue weighted by molar-refractivity contribution is -0.126. The number of aryl methyl sites for hydroxylation is 1. The number of aromatic nitrogens is 2. The summed E-state index contributed by atoms with van der Waals surface area (Å²) in [7, 11) is 0. The topological polar surface area (TPSA) is 67.2 Å². The van der Waals surface area contributed by atoms with Gasteiger partial charge < -0.3 is 15.0 Å². The summed E-state index contributed by atoms with van der Waals surface area (Å²) in [4.78, 5) is 16.5. The van der Waals surface area contributed by atoms with Gasteiger partial charge in [-0.25, -0.2) is 9.37 Å². The molecule has 1 aromatic heterocycles. The van der Waals surface area contributed by atoms with Gasteiger partial charge in [0.05, 0.1) is 12.4 Å². The number of amides is 1. The third-order valence-corrected chi connectivity index (χ3v) is 4.56. The van der Waals surface area contributed by atoms with Gasteiger partial charge in [0, 0.05) is 36.8 Å². The lowest BCUT2D eigenvalue weighted by atomic mass is 9.94. The highest BCUT2D eigenvalue weighted by Gasteiger charge is 2.26. The zero-order chi connectivity index (χ0) is 17.1. The molecule has 1 aromatic carbocycles. The van der Waals surface area contributed by atoms with Crippen LogP contribution in [0.15, 0.2) is 36.8 Å². The fourth-order valence-electron chi connectivity index (χ4n) is 3.17. The number of rotatable bonds is 5. The van der Waals surface area contributed by atoms with Gasteiger partial charge in [0.1, 0.15) is 5.82 Å². The second-order valence-electron chi connectivity index (χ2n) is 6.48. The van der Waals surface area contributed by atoms with Gasteiger partial charge in [0.15, 0.2) is 0 Å². The fourth-order valence-corrected chi connectivity index (χ4v) is 3.17. The number of aliphatic hydroxyl groups is 1. The standard InChI is InChI=1S/C18H22FN3O2/c1-12(8-17(23)13-2-4-15(19)5-3-13)21-18(24)14-6-7-22-11-20-10-16(22)9-14/h2-5,10-12,14,17,23H,6-9H2,1H3,(H,21,24). The van der Waals surface area contributed by atoms with Crippen LogP contribution in [0, 0.1) is 11.7 Å². The van der Waals surface area contributed by atoms with Crippen molar-refractivity contribution in [1.82, 2.24) is 14.9 Å². The molecule has 2 aromatic rings. The van der Waals surface area contributed by atoms with Crippen molar-refractivity contribution in [2.45, 2.75) is 44.9 Å². The van der Waals surface area contributed by atoms with Crippen LogP contribution in [0.1, 0.15) is 37.1 Å². The maximum Gasteiger partial charge on any atom is 0.223 e. The van der Waals surface area contributed by atoms with E-state index in [1.807, 2.05) is 6.92 Å². The van der Waals surface area contributed by atoms with Crippen LogP contribution in [0.2, 0.25) is 0 Å². The smallest absolute Gasteiger partial charge is 0.223 e. The average molecular weight is 331 g/mol. The van der Waals surface area contributed by atoms with E-state index in [-0.39, 0.29) is 23.7 Å². The van der Waals surface area contributed by atoms with Crippen LogP contribution >= 0.6 is 0 Å². The molecule has 2 N–H and O–H groups in total. The number of hydrogen-bond acceptors (Lipinski definition) is 3. The van der Waals surface area contributed by atoms with E-state index in [4.69, 9.17) is 0 Å². The summed E-state index contributed by atoms with van der Waals surface area (Å²) in [6.07, 6.45) is 4.75. The highest BCUT2D eigenvalue weighted by atomic mass is 19.1. The van der Waals surface area contributed by atoms with Crippen molar-refractivity contribution >= 4 is 5.91 Å². The molecule has 5 nitrogen and oxygen atoms in total. The molecule has 24 heavy (non-hydrogen) atoms. The van der Waals surface area contributed by atoms with Crippen LogP contribution in [-0.4, -0.2) is 26.6 Å². The first-order chi connectivity index (χ1) is 11.5. The van der Waals surface area contributed by atoms with Crippen molar-refractivity contribution in [1.29, 1.82) is 0 Å². The molecule has 0 saturated heterocycles. The number of nitrogens with zero attached hydrogens (tertiary/aromatic N) is 2. The van der Waals surface area contributed by atoms with Gasteiger partial charge in [0.25, 0.3) is 0 Å². The second kappa shape index (κ2) is 7.13. The van der Waals surface area contributed by atoms with E-state index >= 15 is 0 Å². The van der Waals surface area contributed by atoms with E-state index in [9.17, 15) is 14.3 Å². The summed E-state index contributed by atoms with van der Waals surface area (Å²) >= 11 is 0. The lowest BCUT2D eigenvalue weighted by Crippen LogP contribution is -2.40. The molecule has 1 aliphatic heterocycles. The van der Waals surface area contributed by atoms with E-state index in [1.165, 1.54) is 12.1 Å². The molecule has 2 heterocycles. The third-order valence-electron chi connectivity index (χ3n) is 4.56. The van der Waals surface area contributed by atoms with E-state index in [0.29, 0.717) is 18.4 Å². The molecule has 3 unspecified atom stereocenters. The van der Waals surface area contributed by atoms with Crippen LogP contribution in [0.4, 0.5) is 4.39 Å². The second-order valence-corrected chi connectivity index (χ2v) is 6.48. The first-order valence-corrected chi connectivity index (χ1v) is 8.26. The first-order valence-electron chi connectivity index (χ1n) is 8.26. The zero-order valence-electron chi connectivity index (χ0n) is 13.7. The predicted octanol–water partition coefficient (Wildman–Crippen LogP) is 2.21. The number of aliphatic hydroxyl groups excluding tert-OH is 1. The van der Waals surface area contributed by atoms with Crippen LogP contribution in [0.25, 0.3) is 0 Å². The van der Waals surface area contributed by atoms with Crippen LogP contribution in [-0.2, 0) is 17.8 Å². The molecule has 1 amide bonds. The Bertz CT molecular complexity index is 699. The molecule has 0 bridgehead atoms. The summed E-state index contributed by atoms with van der Waals surface area (Å²) in [6.45, 7) is 2.68. The van der Waals surface area contributed by atoms with Crippen molar-refractivity contribution in [2.75, 3.05) is 0 Å². The minimum Gasteiger partial charge on any atom is -0.388 e. The van der Waals surface area contributed by atoms with Crippen molar-refractivity contribution in [3.8, 4) is 0 Å². The van der Waals surface area contributed by atoms with Crippen molar-refractivity contribution in [3.63, 3.8) is 0 Å². The van der Waals surface area contributed by atoms with Crippen LogP contribution < -0.4 is 5.32 Å². The Morgan fingerprint density at radius 2 is 2.21 bits per heavy atom. The van der Waals surface area contributed by atoms with Gasteiger partial charge >= 0.3 is 0 Å². The number of hydrogen-bond donors (Lipinski definition) is 2. The number of carbonyl (C=O) groups is 1. The Balaban J connectivity index is 1.52. The number of benzene rings is 1. The third kappa shape index (κ3) is 3.82. The van der Waals surface area contributed by atoms with Gasteiger partial charge in [-0.3, -0.25) is 4.79 Å². The molecule has 0 aliphatic carbocycles. The molecule has 1 aliphatic rings. The van der Waals surface area contributed by atoms with Gasteiger partial charge in [-0.15, -0.1) is 0 Å². The highest BCUT2D eigenvalue weighted by molar-refractivity contribution is 5.79. The molecule has 3 atom stereocenters.